The van der Waals surface area contributed by atoms with E-state index >= 15 is 0 Å². The van der Waals surface area contributed by atoms with E-state index in [1.165, 1.54) is 0 Å². The van der Waals surface area contributed by atoms with Gasteiger partial charge in [-0.2, -0.15) is 0 Å². The maximum atomic E-state index is 9.15. The molecule has 3 nitrogen and oxygen atoms in total. The third kappa shape index (κ3) is 3.67. The molecule has 1 unspecified atom stereocenters. The number of benzene rings is 1. The number of hydrogen-bond acceptors (Lipinski definition) is 3. The van der Waals surface area contributed by atoms with Gasteiger partial charge in [0.2, 0.25) is 0 Å². The summed E-state index contributed by atoms with van der Waals surface area (Å²) in [5.41, 5.74) is 6.18. The lowest BCUT2D eigenvalue weighted by Crippen LogP contribution is -2.42. The molecular formula is C12H18ClNO2. The van der Waals surface area contributed by atoms with Crippen molar-refractivity contribution in [3.63, 3.8) is 0 Å². The number of aliphatic hydroxyl groups excluding tert-OH is 1. The minimum absolute atomic E-state index is 0.0783. The average molecular weight is 244 g/mol. The van der Waals surface area contributed by atoms with Crippen LogP contribution < -0.4 is 10.5 Å². The molecule has 0 bridgehead atoms. The summed E-state index contributed by atoms with van der Waals surface area (Å²) in [6.07, 6.45) is 0.527. The molecular weight excluding hydrogens is 226 g/mol. The van der Waals surface area contributed by atoms with Gasteiger partial charge in [0.25, 0.3) is 0 Å². The number of ether oxygens (including phenoxy) is 1. The highest BCUT2D eigenvalue weighted by atomic mass is 35.5. The van der Waals surface area contributed by atoms with Crippen LogP contribution in [0.15, 0.2) is 18.2 Å². The second-order valence-corrected chi connectivity index (χ2v) is 4.61. The Bertz CT molecular complexity index is 353. The largest absolute Gasteiger partial charge is 0.494 e. The van der Waals surface area contributed by atoms with Crippen LogP contribution in [0.4, 0.5) is 0 Å². The van der Waals surface area contributed by atoms with Crippen molar-refractivity contribution >= 4 is 11.6 Å². The molecule has 1 aromatic rings. The molecule has 16 heavy (non-hydrogen) atoms. The van der Waals surface area contributed by atoms with E-state index in [2.05, 4.69) is 0 Å². The van der Waals surface area contributed by atoms with Crippen molar-refractivity contribution in [2.24, 2.45) is 5.73 Å². The second-order valence-electron chi connectivity index (χ2n) is 4.17. The molecule has 90 valence electrons. The lowest BCUT2D eigenvalue weighted by atomic mass is 9.94. The topological polar surface area (TPSA) is 55.5 Å². The van der Waals surface area contributed by atoms with Crippen LogP contribution in [0.3, 0.4) is 0 Å². The number of rotatable bonds is 5. The van der Waals surface area contributed by atoms with Crippen molar-refractivity contribution in [1.82, 2.24) is 0 Å². The summed E-state index contributed by atoms with van der Waals surface area (Å²) in [7, 11) is 0. The first-order valence-electron chi connectivity index (χ1n) is 5.29. The average Bonchev–Trinajstić information content (AvgIpc) is 2.22. The number of halogens is 1. The van der Waals surface area contributed by atoms with E-state index in [-0.39, 0.29) is 6.61 Å². The SMILES string of the molecule is CCOc1ccc(Cl)cc1CC(C)(N)CO. The maximum absolute atomic E-state index is 9.15. The molecule has 0 aliphatic carbocycles. The van der Waals surface area contributed by atoms with Crippen LogP contribution in [-0.4, -0.2) is 23.9 Å². The van der Waals surface area contributed by atoms with Gasteiger partial charge in [-0.05, 0) is 44.0 Å². The van der Waals surface area contributed by atoms with Crippen molar-refractivity contribution in [3.8, 4) is 5.75 Å². The maximum Gasteiger partial charge on any atom is 0.122 e. The Kier molecular flexibility index (Phi) is 4.59. The zero-order chi connectivity index (χ0) is 12.2. The first kappa shape index (κ1) is 13.3. The molecule has 0 saturated carbocycles. The number of aliphatic hydroxyl groups is 1. The normalized spacial score (nSPS) is 14.6. The van der Waals surface area contributed by atoms with Gasteiger partial charge in [-0.15, -0.1) is 0 Å². The van der Waals surface area contributed by atoms with Gasteiger partial charge in [-0.25, -0.2) is 0 Å². The minimum atomic E-state index is -0.656. The van der Waals surface area contributed by atoms with Crippen molar-refractivity contribution in [2.75, 3.05) is 13.2 Å². The van der Waals surface area contributed by atoms with Crippen molar-refractivity contribution in [3.05, 3.63) is 28.8 Å². The van der Waals surface area contributed by atoms with Crippen molar-refractivity contribution < 1.29 is 9.84 Å². The molecule has 3 N–H and O–H groups in total. The monoisotopic (exact) mass is 243 g/mol. The Morgan fingerprint density at radius 1 is 1.50 bits per heavy atom. The van der Waals surface area contributed by atoms with Crippen LogP contribution in [0, 0.1) is 0 Å². The lowest BCUT2D eigenvalue weighted by Gasteiger charge is -2.23. The molecule has 0 aromatic heterocycles. The zero-order valence-corrected chi connectivity index (χ0v) is 10.4. The van der Waals surface area contributed by atoms with Crippen LogP contribution in [0.2, 0.25) is 5.02 Å². The zero-order valence-electron chi connectivity index (χ0n) is 9.66. The molecule has 1 atom stereocenters. The summed E-state index contributed by atoms with van der Waals surface area (Å²) in [6.45, 7) is 4.23. The van der Waals surface area contributed by atoms with E-state index in [1.54, 1.807) is 13.0 Å². The highest BCUT2D eigenvalue weighted by molar-refractivity contribution is 6.30. The highest BCUT2D eigenvalue weighted by Gasteiger charge is 2.20. The summed E-state index contributed by atoms with van der Waals surface area (Å²) in [4.78, 5) is 0. The van der Waals surface area contributed by atoms with E-state index in [9.17, 15) is 0 Å². The second kappa shape index (κ2) is 5.53. The molecule has 4 heteroatoms. The van der Waals surface area contributed by atoms with E-state index in [0.717, 1.165) is 11.3 Å². The predicted octanol–water partition coefficient (Wildman–Crippen LogP) is 1.99. The molecule has 0 amide bonds. The summed E-state index contributed by atoms with van der Waals surface area (Å²) in [5.74, 6) is 0.775. The van der Waals surface area contributed by atoms with Gasteiger partial charge in [-0.1, -0.05) is 11.6 Å². The number of hydrogen-bond donors (Lipinski definition) is 2. The van der Waals surface area contributed by atoms with Gasteiger partial charge < -0.3 is 15.6 Å². The van der Waals surface area contributed by atoms with Gasteiger partial charge in [0.05, 0.1) is 13.2 Å². The van der Waals surface area contributed by atoms with Gasteiger partial charge in [-0.3, -0.25) is 0 Å². The third-order valence-corrected chi connectivity index (χ3v) is 2.51. The molecule has 0 aliphatic rings. The smallest absolute Gasteiger partial charge is 0.122 e. The van der Waals surface area contributed by atoms with Crippen LogP contribution >= 0.6 is 11.6 Å². The fourth-order valence-corrected chi connectivity index (χ4v) is 1.67. The van der Waals surface area contributed by atoms with Crippen LogP contribution in [0.25, 0.3) is 0 Å². The summed E-state index contributed by atoms with van der Waals surface area (Å²) in [5, 5.41) is 9.79. The summed E-state index contributed by atoms with van der Waals surface area (Å²) < 4.78 is 5.49. The molecule has 0 heterocycles. The molecule has 1 rings (SSSR count). The Hall–Kier alpha value is -0.770. The molecule has 0 radical (unpaired) electrons. The van der Waals surface area contributed by atoms with E-state index in [0.29, 0.717) is 18.1 Å². The molecule has 0 saturated heterocycles. The highest BCUT2D eigenvalue weighted by Crippen LogP contribution is 2.26. The predicted molar refractivity (Wildman–Crippen MR) is 66.0 cm³/mol. The third-order valence-electron chi connectivity index (χ3n) is 2.28. The number of nitrogens with two attached hydrogens (primary N) is 1. The quantitative estimate of drug-likeness (QED) is 0.832. The van der Waals surface area contributed by atoms with E-state index < -0.39 is 5.54 Å². The van der Waals surface area contributed by atoms with Gasteiger partial charge in [0.15, 0.2) is 0 Å². The van der Waals surface area contributed by atoms with Crippen LogP contribution in [0.5, 0.6) is 5.75 Å². The lowest BCUT2D eigenvalue weighted by molar-refractivity contribution is 0.206. The Labute approximate surface area is 101 Å². The van der Waals surface area contributed by atoms with Crippen molar-refractivity contribution in [1.29, 1.82) is 0 Å². The Morgan fingerprint density at radius 3 is 2.75 bits per heavy atom. The van der Waals surface area contributed by atoms with Crippen LogP contribution in [0.1, 0.15) is 19.4 Å². The Balaban J connectivity index is 2.96. The first-order chi connectivity index (χ1) is 7.48. The molecule has 0 spiro atoms. The minimum Gasteiger partial charge on any atom is -0.494 e. The van der Waals surface area contributed by atoms with Crippen molar-refractivity contribution in [2.45, 2.75) is 25.8 Å². The van der Waals surface area contributed by atoms with Gasteiger partial charge in [0, 0.05) is 10.6 Å². The summed E-state index contributed by atoms with van der Waals surface area (Å²) >= 11 is 5.93. The molecule has 0 aliphatic heterocycles. The van der Waals surface area contributed by atoms with Gasteiger partial charge in [0.1, 0.15) is 5.75 Å². The van der Waals surface area contributed by atoms with Gasteiger partial charge >= 0.3 is 0 Å². The first-order valence-corrected chi connectivity index (χ1v) is 5.67. The van der Waals surface area contributed by atoms with Crippen LogP contribution in [-0.2, 0) is 6.42 Å². The Morgan fingerprint density at radius 2 is 2.19 bits per heavy atom. The fraction of sp³-hybridized carbons (Fsp3) is 0.500. The molecule has 1 aromatic carbocycles. The summed E-state index contributed by atoms with van der Waals surface area (Å²) in [6, 6.07) is 5.44. The fourth-order valence-electron chi connectivity index (χ4n) is 1.47. The van der Waals surface area contributed by atoms with E-state index in [4.69, 9.17) is 27.2 Å². The van der Waals surface area contributed by atoms with E-state index in [1.807, 2.05) is 19.1 Å². The molecule has 0 fully saturated rings. The standard InChI is InChI=1S/C12H18ClNO2/c1-3-16-11-5-4-10(13)6-9(11)7-12(2,14)8-15/h4-6,15H,3,7-8,14H2,1-2H3.